The zero-order valence-corrected chi connectivity index (χ0v) is 18.7. The van der Waals surface area contributed by atoms with Gasteiger partial charge in [-0.25, -0.2) is 0 Å². The highest BCUT2D eigenvalue weighted by Gasteiger charge is 2.36. The highest BCUT2D eigenvalue weighted by atomic mass is 16.5. The number of nitrogens with zero attached hydrogens (tertiary/aromatic N) is 4. The van der Waals surface area contributed by atoms with Crippen molar-refractivity contribution in [2.45, 2.75) is 26.0 Å². The van der Waals surface area contributed by atoms with Crippen molar-refractivity contribution >= 4 is 5.91 Å². The molecular weight excluding hydrogens is 420 g/mol. The molecule has 0 bridgehead atoms. The molecular formula is C25H28N4O4. The van der Waals surface area contributed by atoms with Crippen molar-refractivity contribution in [2.24, 2.45) is 5.41 Å². The molecule has 2 aliphatic heterocycles. The largest absolute Gasteiger partial charge is 0.487 e. The van der Waals surface area contributed by atoms with Gasteiger partial charge in [0.15, 0.2) is 0 Å². The molecule has 1 atom stereocenters. The molecule has 2 saturated heterocycles. The second-order valence-electron chi connectivity index (χ2n) is 9.30. The van der Waals surface area contributed by atoms with Crippen molar-refractivity contribution in [3.05, 3.63) is 66.1 Å². The number of benzene rings is 2. The molecule has 0 spiro atoms. The SMILES string of the molecule is CC1(CO)CCN(Cc2ccc(OC3CN(C(=O)c4nnc(-c5ccccc5)o4)C3)cc2)C1. The summed E-state index contributed by atoms with van der Waals surface area (Å²) < 4.78 is 11.6. The van der Waals surface area contributed by atoms with Gasteiger partial charge in [-0.3, -0.25) is 9.69 Å². The summed E-state index contributed by atoms with van der Waals surface area (Å²) in [5, 5.41) is 17.4. The third kappa shape index (κ3) is 4.77. The molecule has 3 aromatic rings. The number of aliphatic hydroxyl groups excluding tert-OH is 1. The third-order valence-corrected chi connectivity index (χ3v) is 6.41. The van der Waals surface area contributed by atoms with Gasteiger partial charge in [-0.05, 0) is 42.8 Å². The van der Waals surface area contributed by atoms with E-state index in [1.54, 1.807) is 4.90 Å². The number of hydrogen-bond acceptors (Lipinski definition) is 7. The lowest BCUT2D eigenvalue weighted by atomic mass is 9.91. The minimum absolute atomic E-state index is 0.00383. The predicted molar refractivity (Wildman–Crippen MR) is 122 cm³/mol. The zero-order valence-electron chi connectivity index (χ0n) is 18.7. The second kappa shape index (κ2) is 8.96. The minimum Gasteiger partial charge on any atom is -0.487 e. The molecule has 0 saturated carbocycles. The fourth-order valence-corrected chi connectivity index (χ4v) is 4.33. The number of likely N-dealkylation sites (tertiary alicyclic amines) is 2. The van der Waals surface area contributed by atoms with Gasteiger partial charge in [-0.15, -0.1) is 10.2 Å². The van der Waals surface area contributed by atoms with Crippen LogP contribution in [0.5, 0.6) is 5.75 Å². The first-order valence-corrected chi connectivity index (χ1v) is 11.3. The lowest BCUT2D eigenvalue weighted by Gasteiger charge is -2.38. The Labute approximate surface area is 192 Å². The molecule has 1 amide bonds. The Kier molecular flexibility index (Phi) is 5.86. The average molecular weight is 449 g/mol. The van der Waals surface area contributed by atoms with E-state index in [-0.39, 0.29) is 29.9 Å². The molecule has 172 valence electrons. The van der Waals surface area contributed by atoms with Crippen molar-refractivity contribution in [1.29, 1.82) is 0 Å². The maximum atomic E-state index is 12.6. The summed E-state index contributed by atoms with van der Waals surface area (Å²) in [5.41, 5.74) is 2.02. The van der Waals surface area contributed by atoms with Crippen LogP contribution in [-0.4, -0.2) is 69.9 Å². The van der Waals surface area contributed by atoms with E-state index >= 15 is 0 Å². The van der Waals surface area contributed by atoms with E-state index in [2.05, 4.69) is 34.2 Å². The molecule has 2 aromatic carbocycles. The predicted octanol–water partition coefficient (Wildman–Crippen LogP) is 2.84. The summed E-state index contributed by atoms with van der Waals surface area (Å²) in [7, 11) is 0. The Balaban J connectivity index is 1.10. The van der Waals surface area contributed by atoms with E-state index in [0.29, 0.717) is 19.0 Å². The van der Waals surface area contributed by atoms with E-state index in [4.69, 9.17) is 9.15 Å². The Bertz CT molecular complexity index is 1100. The Hall–Kier alpha value is -3.23. The second-order valence-corrected chi connectivity index (χ2v) is 9.30. The van der Waals surface area contributed by atoms with Crippen molar-refractivity contribution in [2.75, 3.05) is 32.8 Å². The number of amides is 1. The monoisotopic (exact) mass is 448 g/mol. The first kappa shape index (κ1) is 21.6. The molecule has 1 N–H and O–H groups in total. The molecule has 1 unspecified atom stereocenters. The fraction of sp³-hybridized carbons (Fsp3) is 0.400. The quantitative estimate of drug-likeness (QED) is 0.594. The number of carbonyl (C=O) groups excluding carboxylic acids is 1. The Morgan fingerprint density at radius 3 is 2.61 bits per heavy atom. The lowest BCUT2D eigenvalue weighted by Crippen LogP contribution is -2.56. The van der Waals surface area contributed by atoms with Crippen LogP contribution in [0.15, 0.2) is 59.0 Å². The number of aromatic nitrogens is 2. The van der Waals surface area contributed by atoms with Crippen LogP contribution in [0.4, 0.5) is 0 Å². The van der Waals surface area contributed by atoms with Gasteiger partial charge in [0.25, 0.3) is 0 Å². The maximum absolute atomic E-state index is 12.6. The van der Waals surface area contributed by atoms with Crippen molar-refractivity contribution in [1.82, 2.24) is 20.0 Å². The molecule has 8 heteroatoms. The standard InChI is InChI=1S/C25H28N4O4/c1-25(17-30)11-12-28(16-25)13-18-7-9-20(10-8-18)32-21-14-29(15-21)24(31)23-27-26-22(33-23)19-5-3-2-4-6-19/h2-10,21,30H,11-17H2,1H3. The summed E-state index contributed by atoms with van der Waals surface area (Å²) in [5.74, 6) is 0.847. The van der Waals surface area contributed by atoms with Crippen LogP contribution in [0, 0.1) is 5.41 Å². The van der Waals surface area contributed by atoms with Crippen LogP contribution in [-0.2, 0) is 6.54 Å². The molecule has 0 aliphatic carbocycles. The highest BCUT2D eigenvalue weighted by molar-refractivity contribution is 5.90. The number of aliphatic hydroxyl groups is 1. The minimum atomic E-state index is -0.277. The van der Waals surface area contributed by atoms with Crippen LogP contribution < -0.4 is 4.74 Å². The summed E-state index contributed by atoms with van der Waals surface area (Å²) in [6, 6.07) is 17.5. The van der Waals surface area contributed by atoms with Crippen LogP contribution in [0.3, 0.4) is 0 Å². The lowest BCUT2D eigenvalue weighted by molar-refractivity contribution is 0.0150. The van der Waals surface area contributed by atoms with E-state index < -0.39 is 0 Å². The van der Waals surface area contributed by atoms with Crippen molar-refractivity contribution in [3.63, 3.8) is 0 Å². The first-order valence-electron chi connectivity index (χ1n) is 11.3. The summed E-state index contributed by atoms with van der Waals surface area (Å²) in [6.45, 7) is 6.13. The highest BCUT2D eigenvalue weighted by Crippen LogP contribution is 2.30. The number of carbonyl (C=O) groups is 1. The van der Waals surface area contributed by atoms with Crippen LogP contribution in [0.1, 0.15) is 29.6 Å². The van der Waals surface area contributed by atoms with Crippen molar-refractivity contribution in [3.8, 4) is 17.2 Å². The van der Waals surface area contributed by atoms with E-state index in [0.717, 1.165) is 37.4 Å². The normalized spacial score (nSPS) is 21.2. The van der Waals surface area contributed by atoms with Gasteiger partial charge >= 0.3 is 11.8 Å². The van der Waals surface area contributed by atoms with Gasteiger partial charge in [-0.1, -0.05) is 37.3 Å². The molecule has 0 radical (unpaired) electrons. The van der Waals surface area contributed by atoms with Crippen molar-refractivity contribution < 1.29 is 19.1 Å². The molecule has 8 nitrogen and oxygen atoms in total. The molecule has 2 aliphatic rings. The van der Waals surface area contributed by atoms with Gasteiger partial charge in [0.1, 0.15) is 11.9 Å². The van der Waals surface area contributed by atoms with Gasteiger partial charge < -0.3 is 19.2 Å². The smallest absolute Gasteiger partial charge is 0.311 e. The molecule has 2 fully saturated rings. The average Bonchev–Trinajstić information content (AvgIpc) is 3.45. The van der Waals surface area contributed by atoms with E-state index in [1.807, 2.05) is 42.5 Å². The zero-order chi connectivity index (χ0) is 22.8. The topological polar surface area (TPSA) is 91.9 Å². The number of ether oxygens (including phenoxy) is 1. The summed E-state index contributed by atoms with van der Waals surface area (Å²) in [6.07, 6.45) is 0.971. The molecule has 1 aromatic heterocycles. The fourth-order valence-electron chi connectivity index (χ4n) is 4.33. The van der Waals surface area contributed by atoms with E-state index in [1.165, 1.54) is 5.56 Å². The number of rotatable bonds is 7. The van der Waals surface area contributed by atoms with Crippen LogP contribution >= 0.6 is 0 Å². The maximum Gasteiger partial charge on any atom is 0.311 e. The Morgan fingerprint density at radius 1 is 1.15 bits per heavy atom. The molecule has 3 heterocycles. The molecule has 33 heavy (non-hydrogen) atoms. The Morgan fingerprint density at radius 2 is 1.91 bits per heavy atom. The first-order chi connectivity index (χ1) is 16.0. The summed E-state index contributed by atoms with van der Waals surface area (Å²) in [4.78, 5) is 16.6. The van der Waals surface area contributed by atoms with Crippen LogP contribution in [0.25, 0.3) is 11.5 Å². The summed E-state index contributed by atoms with van der Waals surface area (Å²) >= 11 is 0. The van der Waals surface area contributed by atoms with Gasteiger partial charge in [0.2, 0.25) is 5.89 Å². The van der Waals surface area contributed by atoms with Gasteiger partial charge in [0.05, 0.1) is 13.1 Å². The number of hydrogen-bond donors (Lipinski definition) is 1. The van der Waals surface area contributed by atoms with Gasteiger partial charge in [-0.2, -0.15) is 0 Å². The third-order valence-electron chi connectivity index (χ3n) is 6.41. The van der Waals surface area contributed by atoms with Crippen LogP contribution in [0.2, 0.25) is 0 Å². The molecule has 5 rings (SSSR count). The van der Waals surface area contributed by atoms with Gasteiger partial charge in [0, 0.05) is 30.7 Å². The van der Waals surface area contributed by atoms with E-state index in [9.17, 15) is 9.90 Å².